The van der Waals surface area contributed by atoms with E-state index in [4.69, 9.17) is 4.74 Å². The summed E-state index contributed by atoms with van der Waals surface area (Å²) in [6, 6.07) is 6.48. The second-order valence-electron chi connectivity index (χ2n) is 7.78. The number of ether oxygens (including phenoxy) is 1. The minimum atomic E-state index is -5.03. The SMILES string of the molecule is OCC1CCC(O[C@H](CO)c2cc(C(F)(F)F)cc(C(F)(F)F)c2)C1c1ccc(F)cc1. The first kappa shape index (κ1) is 24.5. The van der Waals surface area contributed by atoms with E-state index in [9.17, 15) is 40.9 Å². The molecular weight excluding hydrogens is 445 g/mol. The van der Waals surface area contributed by atoms with Crippen LogP contribution < -0.4 is 0 Å². The lowest BCUT2D eigenvalue weighted by Crippen LogP contribution is -2.26. The molecule has 3 rings (SSSR count). The topological polar surface area (TPSA) is 49.7 Å². The molecular formula is C22H21F7O3. The number of hydrogen-bond donors (Lipinski definition) is 2. The Morgan fingerprint density at radius 2 is 1.44 bits per heavy atom. The summed E-state index contributed by atoms with van der Waals surface area (Å²) in [5.41, 5.74) is -2.84. The number of alkyl halides is 6. The first-order chi connectivity index (χ1) is 14.9. The van der Waals surface area contributed by atoms with E-state index in [1.807, 2.05) is 0 Å². The van der Waals surface area contributed by atoms with Crippen LogP contribution in [-0.2, 0) is 17.1 Å². The van der Waals surface area contributed by atoms with E-state index < -0.39 is 59.6 Å². The largest absolute Gasteiger partial charge is 0.416 e. The van der Waals surface area contributed by atoms with Crippen LogP contribution >= 0.6 is 0 Å². The van der Waals surface area contributed by atoms with Gasteiger partial charge in [0.15, 0.2) is 0 Å². The molecule has 10 heteroatoms. The van der Waals surface area contributed by atoms with E-state index in [0.717, 1.165) is 0 Å². The average molecular weight is 466 g/mol. The zero-order valence-electron chi connectivity index (χ0n) is 16.6. The molecule has 4 atom stereocenters. The molecule has 0 radical (unpaired) electrons. The summed E-state index contributed by atoms with van der Waals surface area (Å²) >= 11 is 0. The molecule has 0 spiro atoms. The lowest BCUT2D eigenvalue weighted by Gasteiger charge is -2.29. The quantitative estimate of drug-likeness (QED) is 0.556. The predicted octanol–water partition coefficient (Wildman–Crippen LogP) is 5.47. The third-order valence-electron chi connectivity index (χ3n) is 5.71. The minimum Gasteiger partial charge on any atom is -0.396 e. The first-order valence-corrected chi connectivity index (χ1v) is 9.86. The van der Waals surface area contributed by atoms with Crippen LogP contribution in [-0.4, -0.2) is 29.5 Å². The van der Waals surface area contributed by atoms with Gasteiger partial charge in [0.25, 0.3) is 0 Å². The van der Waals surface area contributed by atoms with Gasteiger partial charge in [-0.2, -0.15) is 26.3 Å². The van der Waals surface area contributed by atoms with E-state index in [1.54, 1.807) is 0 Å². The second kappa shape index (κ2) is 9.36. The van der Waals surface area contributed by atoms with E-state index in [1.165, 1.54) is 24.3 Å². The highest BCUT2D eigenvalue weighted by Crippen LogP contribution is 2.44. The van der Waals surface area contributed by atoms with Crippen molar-refractivity contribution in [3.8, 4) is 0 Å². The summed E-state index contributed by atoms with van der Waals surface area (Å²) in [6.45, 7) is -1.08. The fourth-order valence-electron chi connectivity index (χ4n) is 4.17. The van der Waals surface area contributed by atoms with Crippen LogP contribution in [0.2, 0.25) is 0 Å². The summed E-state index contributed by atoms with van der Waals surface area (Å²) in [5.74, 6) is -1.25. The Kier molecular flexibility index (Phi) is 7.16. The summed E-state index contributed by atoms with van der Waals surface area (Å²) in [7, 11) is 0. The number of hydrogen-bond acceptors (Lipinski definition) is 3. The maximum atomic E-state index is 13.3. The molecule has 0 aliphatic heterocycles. The van der Waals surface area contributed by atoms with Crippen molar-refractivity contribution in [2.45, 2.75) is 43.3 Å². The highest BCUT2D eigenvalue weighted by molar-refractivity contribution is 5.35. The van der Waals surface area contributed by atoms with Crippen LogP contribution in [0.1, 0.15) is 47.1 Å². The Bertz CT molecular complexity index is 877. The van der Waals surface area contributed by atoms with Crippen molar-refractivity contribution in [3.05, 3.63) is 70.5 Å². The molecule has 1 aliphatic rings. The third-order valence-corrected chi connectivity index (χ3v) is 5.71. The minimum absolute atomic E-state index is 0.0105. The molecule has 1 aliphatic carbocycles. The molecule has 2 aromatic carbocycles. The lowest BCUT2D eigenvalue weighted by atomic mass is 9.88. The van der Waals surface area contributed by atoms with Crippen molar-refractivity contribution in [2.24, 2.45) is 5.92 Å². The number of benzene rings is 2. The third kappa shape index (κ3) is 5.41. The normalized spacial score (nSPS) is 22.8. The van der Waals surface area contributed by atoms with Gasteiger partial charge in [0.05, 0.1) is 23.8 Å². The highest BCUT2D eigenvalue weighted by Gasteiger charge is 2.41. The van der Waals surface area contributed by atoms with Gasteiger partial charge in [0.2, 0.25) is 0 Å². The molecule has 3 nitrogen and oxygen atoms in total. The van der Waals surface area contributed by atoms with Gasteiger partial charge in [0.1, 0.15) is 11.9 Å². The monoisotopic (exact) mass is 466 g/mol. The van der Waals surface area contributed by atoms with E-state index >= 15 is 0 Å². The summed E-state index contributed by atoms with van der Waals surface area (Å²) in [5, 5.41) is 19.5. The highest BCUT2D eigenvalue weighted by atomic mass is 19.4. The molecule has 3 unspecified atom stereocenters. The molecule has 2 N–H and O–H groups in total. The van der Waals surface area contributed by atoms with Gasteiger partial charge in [-0.1, -0.05) is 12.1 Å². The van der Waals surface area contributed by atoms with Gasteiger partial charge in [0, 0.05) is 12.5 Å². The number of halogens is 7. The second-order valence-corrected chi connectivity index (χ2v) is 7.78. The van der Waals surface area contributed by atoms with Crippen LogP contribution in [0.25, 0.3) is 0 Å². The van der Waals surface area contributed by atoms with Gasteiger partial charge in [-0.15, -0.1) is 0 Å². The summed E-state index contributed by atoms with van der Waals surface area (Å²) < 4.78 is 98.3. The summed E-state index contributed by atoms with van der Waals surface area (Å²) in [6.07, 6.45) is -11.4. The van der Waals surface area contributed by atoms with Gasteiger partial charge in [-0.05, 0) is 60.2 Å². The van der Waals surface area contributed by atoms with Crippen molar-refractivity contribution in [1.29, 1.82) is 0 Å². The van der Waals surface area contributed by atoms with Crippen molar-refractivity contribution in [2.75, 3.05) is 13.2 Å². The Labute approximate surface area is 179 Å². The van der Waals surface area contributed by atoms with Gasteiger partial charge in [-0.25, -0.2) is 4.39 Å². The predicted molar refractivity (Wildman–Crippen MR) is 100 cm³/mol. The standard InChI is InChI=1S/C22H21F7O3/c23-17-4-1-12(2-5-17)20-13(10-30)3-6-18(20)32-19(11-31)14-7-15(21(24,25)26)9-16(8-14)22(27,28)29/h1-2,4-5,7-9,13,18-20,30-31H,3,6,10-11H2/t13?,18?,19-,20?/m1/s1. The molecule has 176 valence electrons. The van der Waals surface area contributed by atoms with Crippen molar-refractivity contribution >= 4 is 0 Å². The van der Waals surface area contributed by atoms with Gasteiger partial charge >= 0.3 is 12.4 Å². The maximum Gasteiger partial charge on any atom is 0.416 e. The fraction of sp³-hybridized carbons (Fsp3) is 0.455. The lowest BCUT2D eigenvalue weighted by molar-refractivity contribution is -0.143. The molecule has 0 bridgehead atoms. The maximum absolute atomic E-state index is 13.3. The van der Waals surface area contributed by atoms with Crippen LogP contribution in [0, 0.1) is 11.7 Å². The number of aliphatic hydroxyl groups is 2. The molecule has 2 aromatic rings. The van der Waals surface area contributed by atoms with Gasteiger partial charge < -0.3 is 14.9 Å². The smallest absolute Gasteiger partial charge is 0.396 e. The van der Waals surface area contributed by atoms with Crippen LogP contribution in [0.4, 0.5) is 30.7 Å². The molecule has 1 fully saturated rings. The zero-order chi connectivity index (χ0) is 23.7. The molecule has 0 aromatic heterocycles. The zero-order valence-corrected chi connectivity index (χ0v) is 16.6. The Morgan fingerprint density at radius 1 is 0.875 bits per heavy atom. The Balaban J connectivity index is 1.95. The fourth-order valence-corrected chi connectivity index (χ4v) is 4.17. The molecule has 0 saturated heterocycles. The Morgan fingerprint density at radius 3 is 1.91 bits per heavy atom. The Hall–Kier alpha value is -2.17. The van der Waals surface area contributed by atoms with Crippen LogP contribution in [0.5, 0.6) is 0 Å². The molecule has 32 heavy (non-hydrogen) atoms. The van der Waals surface area contributed by atoms with Crippen LogP contribution in [0.3, 0.4) is 0 Å². The van der Waals surface area contributed by atoms with Crippen molar-refractivity contribution < 1.29 is 45.7 Å². The molecule has 0 heterocycles. The van der Waals surface area contributed by atoms with E-state index in [0.29, 0.717) is 30.5 Å². The van der Waals surface area contributed by atoms with E-state index in [-0.39, 0.29) is 18.6 Å². The van der Waals surface area contributed by atoms with E-state index in [2.05, 4.69) is 0 Å². The number of aliphatic hydroxyl groups excluding tert-OH is 2. The van der Waals surface area contributed by atoms with Crippen molar-refractivity contribution in [3.63, 3.8) is 0 Å². The molecule has 1 saturated carbocycles. The number of rotatable bonds is 6. The van der Waals surface area contributed by atoms with Crippen LogP contribution in [0.15, 0.2) is 42.5 Å². The molecule has 0 amide bonds. The first-order valence-electron chi connectivity index (χ1n) is 9.86. The van der Waals surface area contributed by atoms with Gasteiger partial charge in [-0.3, -0.25) is 0 Å². The summed E-state index contributed by atoms with van der Waals surface area (Å²) in [4.78, 5) is 0. The average Bonchev–Trinajstić information content (AvgIpc) is 3.13. The van der Waals surface area contributed by atoms with Crippen molar-refractivity contribution in [1.82, 2.24) is 0 Å².